The highest BCUT2D eigenvalue weighted by atomic mass is 16.5. The van der Waals surface area contributed by atoms with Crippen molar-refractivity contribution in [2.45, 2.75) is 32.4 Å². The number of benzene rings is 2. The average Bonchev–Trinajstić information content (AvgIpc) is 3.33. The third-order valence-corrected chi connectivity index (χ3v) is 6.85. The molecule has 2 aromatic heterocycles. The standard InChI is InChI=1S/C26H30N6O3/c1-17-10-12-31(13-11-17)24(22-15-19-14-21(35-3)8-9-23(19)27-26(22)33)25-28-29-30-32(25)16-18-4-6-20(34-2)7-5-18/h4-9,14-15,17,24H,10-13,16H2,1-3H3,(H,27,33). The van der Waals surface area contributed by atoms with Gasteiger partial charge < -0.3 is 14.5 Å². The van der Waals surface area contributed by atoms with E-state index in [9.17, 15) is 4.79 Å². The summed E-state index contributed by atoms with van der Waals surface area (Å²) in [6.45, 7) is 4.51. The summed E-state index contributed by atoms with van der Waals surface area (Å²) in [4.78, 5) is 18.7. The van der Waals surface area contributed by atoms with Gasteiger partial charge in [-0.1, -0.05) is 19.1 Å². The van der Waals surface area contributed by atoms with Gasteiger partial charge in [-0.05, 0) is 84.2 Å². The fourth-order valence-corrected chi connectivity index (χ4v) is 4.74. The molecule has 0 aliphatic carbocycles. The van der Waals surface area contributed by atoms with Crippen molar-refractivity contribution in [1.29, 1.82) is 0 Å². The molecular weight excluding hydrogens is 444 g/mol. The van der Waals surface area contributed by atoms with Crippen LogP contribution in [0, 0.1) is 5.92 Å². The van der Waals surface area contributed by atoms with Crippen LogP contribution in [0.25, 0.3) is 10.9 Å². The van der Waals surface area contributed by atoms with E-state index < -0.39 is 0 Å². The molecule has 0 spiro atoms. The van der Waals surface area contributed by atoms with Gasteiger partial charge in [0.1, 0.15) is 17.5 Å². The maximum Gasteiger partial charge on any atom is 0.253 e. The summed E-state index contributed by atoms with van der Waals surface area (Å²) in [6.07, 6.45) is 2.13. The van der Waals surface area contributed by atoms with E-state index in [1.807, 2.05) is 48.5 Å². The Balaban J connectivity index is 1.58. The lowest BCUT2D eigenvalue weighted by Crippen LogP contribution is -2.40. The molecule has 0 bridgehead atoms. The Morgan fingerprint density at radius 1 is 1.03 bits per heavy atom. The molecular formula is C26H30N6O3. The van der Waals surface area contributed by atoms with Crippen molar-refractivity contribution in [2.24, 2.45) is 5.92 Å². The first kappa shape index (κ1) is 23.0. The molecule has 1 atom stereocenters. The van der Waals surface area contributed by atoms with E-state index in [2.05, 4.69) is 32.3 Å². The lowest BCUT2D eigenvalue weighted by molar-refractivity contribution is 0.149. The molecule has 2 aromatic carbocycles. The predicted octanol–water partition coefficient (Wildman–Crippen LogP) is 3.40. The van der Waals surface area contributed by atoms with Crippen LogP contribution in [0.2, 0.25) is 0 Å². The van der Waals surface area contributed by atoms with Crippen molar-refractivity contribution in [1.82, 2.24) is 30.1 Å². The quantitative estimate of drug-likeness (QED) is 0.438. The number of tetrazole rings is 1. The second-order valence-corrected chi connectivity index (χ2v) is 9.17. The number of pyridine rings is 1. The van der Waals surface area contributed by atoms with Crippen LogP contribution in [-0.2, 0) is 6.54 Å². The Kier molecular flexibility index (Phi) is 6.50. The van der Waals surface area contributed by atoms with Crippen LogP contribution in [0.3, 0.4) is 0 Å². The molecule has 9 heteroatoms. The highest BCUT2D eigenvalue weighted by Gasteiger charge is 2.32. The Morgan fingerprint density at radius 3 is 2.46 bits per heavy atom. The summed E-state index contributed by atoms with van der Waals surface area (Å²) in [7, 11) is 3.29. The maximum absolute atomic E-state index is 13.4. The number of rotatable bonds is 7. The molecule has 1 saturated heterocycles. The Bertz CT molecular complexity index is 1360. The van der Waals surface area contributed by atoms with Gasteiger partial charge >= 0.3 is 0 Å². The van der Waals surface area contributed by atoms with Crippen molar-refractivity contribution >= 4 is 10.9 Å². The number of ether oxygens (including phenoxy) is 2. The van der Waals surface area contributed by atoms with Crippen LogP contribution in [-0.4, -0.2) is 57.4 Å². The highest BCUT2D eigenvalue weighted by molar-refractivity contribution is 5.80. The molecule has 0 radical (unpaired) electrons. The zero-order valence-corrected chi connectivity index (χ0v) is 20.3. The van der Waals surface area contributed by atoms with Crippen molar-refractivity contribution in [2.75, 3.05) is 27.3 Å². The van der Waals surface area contributed by atoms with Crippen LogP contribution >= 0.6 is 0 Å². The number of piperidine rings is 1. The van der Waals surface area contributed by atoms with Gasteiger partial charge in [0.15, 0.2) is 5.82 Å². The second-order valence-electron chi connectivity index (χ2n) is 9.17. The van der Waals surface area contributed by atoms with Crippen molar-refractivity contribution < 1.29 is 9.47 Å². The summed E-state index contributed by atoms with van der Waals surface area (Å²) >= 11 is 0. The molecule has 0 saturated carbocycles. The van der Waals surface area contributed by atoms with E-state index in [0.29, 0.717) is 23.9 Å². The van der Waals surface area contributed by atoms with E-state index in [0.717, 1.165) is 53.9 Å². The molecule has 1 N–H and O–H groups in total. The van der Waals surface area contributed by atoms with E-state index in [1.165, 1.54) is 0 Å². The van der Waals surface area contributed by atoms with Gasteiger partial charge in [0.05, 0.1) is 20.8 Å². The lowest BCUT2D eigenvalue weighted by Gasteiger charge is -2.35. The van der Waals surface area contributed by atoms with Crippen LogP contribution in [0.15, 0.2) is 53.3 Å². The number of hydrogen-bond donors (Lipinski definition) is 1. The molecule has 9 nitrogen and oxygen atoms in total. The molecule has 5 rings (SSSR count). The first-order valence-electron chi connectivity index (χ1n) is 11.9. The fraction of sp³-hybridized carbons (Fsp3) is 0.385. The van der Waals surface area contributed by atoms with Gasteiger partial charge in [-0.15, -0.1) is 5.10 Å². The highest BCUT2D eigenvalue weighted by Crippen LogP contribution is 2.31. The zero-order valence-electron chi connectivity index (χ0n) is 20.3. The summed E-state index contributed by atoms with van der Waals surface area (Å²) in [5, 5.41) is 13.6. The van der Waals surface area contributed by atoms with Crippen LogP contribution in [0.1, 0.15) is 42.8 Å². The maximum atomic E-state index is 13.4. The summed E-state index contributed by atoms with van der Waals surface area (Å²) in [6, 6.07) is 15.1. The normalized spacial score (nSPS) is 15.9. The molecule has 1 aliphatic heterocycles. The molecule has 1 fully saturated rings. The Labute approximate surface area is 203 Å². The summed E-state index contributed by atoms with van der Waals surface area (Å²) in [5.41, 5.74) is 2.31. The topological polar surface area (TPSA) is 98.2 Å². The number of nitrogens with one attached hydrogen (secondary N) is 1. The minimum absolute atomic E-state index is 0.134. The van der Waals surface area contributed by atoms with Crippen LogP contribution in [0.5, 0.6) is 11.5 Å². The first-order valence-corrected chi connectivity index (χ1v) is 11.9. The number of hydrogen-bond acceptors (Lipinski definition) is 7. The van der Waals surface area contributed by atoms with Crippen LogP contribution in [0.4, 0.5) is 0 Å². The van der Waals surface area contributed by atoms with Crippen molar-refractivity contribution in [3.05, 3.63) is 75.8 Å². The summed E-state index contributed by atoms with van der Waals surface area (Å²) in [5.74, 6) is 2.84. The molecule has 1 unspecified atom stereocenters. The molecule has 1 aliphatic rings. The van der Waals surface area contributed by atoms with E-state index in [1.54, 1.807) is 18.9 Å². The molecule has 4 aromatic rings. The number of methoxy groups -OCH3 is 2. The number of nitrogens with zero attached hydrogens (tertiary/aromatic N) is 5. The van der Waals surface area contributed by atoms with Crippen LogP contribution < -0.4 is 15.0 Å². The van der Waals surface area contributed by atoms with E-state index in [4.69, 9.17) is 9.47 Å². The third kappa shape index (κ3) is 4.77. The fourth-order valence-electron chi connectivity index (χ4n) is 4.74. The number of aromatic amines is 1. The number of aromatic nitrogens is 5. The first-order chi connectivity index (χ1) is 17.1. The number of likely N-dealkylation sites (tertiary alicyclic amines) is 1. The molecule has 0 amide bonds. The second kappa shape index (κ2) is 9.87. The lowest BCUT2D eigenvalue weighted by atomic mass is 9.95. The van der Waals surface area contributed by atoms with Crippen molar-refractivity contribution in [3.8, 4) is 11.5 Å². The van der Waals surface area contributed by atoms with Gasteiger partial charge in [-0.3, -0.25) is 9.69 Å². The van der Waals surface area contributed by atoms with Gasteiger partial charge in [0.2, 0.25) is 0 Å². The van der Waals surface area contributed by atoms with Gasteiger partial charge in [0.25, 0.3) is 5.56 Å². The molecule has 3 heterocycles. The predicted molar refractivity (Wildman–Crippen MR) is 133 cm³/mol. The van der Waals surface area contributed by atoms with E-state index >= 15 is 0 Å². The smallest absolute Gasteiger partial charge is 0.253 e. The third-order valence-electron chi connectivity index (χ3n) is 6.85. The number of H-pyrrole nitrogens is 1. The largest absolute Gasteiger partial charge is 0.497 e. The minimum Gasteiger partial charge on any atom is -0.497 e. The summed E-state index contributed by atoms with van der Waals surface area (Å²) < 4.78 is 12.5. The van der Waals surface area contributed by atoms with Crippen molar-refractivity contribution in [3.63, 3.8) is 0 Å². The molecule has 35 heavy (non-hydrogen) atoms. The molecule has 182 valence electrons. The van der Waals surface area contributed by atoms with Gasteiger partial charge in [-0.25, -0.2) is 4.68 Å². The van der Waals surface area contributed by atoms with Gasteiger partial charge in [-0.2, -0.15) is 0 Å². The SMILES string of the molecule is COc1ccc(Cn2nnnc2C(c2cc3cc(OC)ccc3[nH]c2=O)N2CCC(C)CC2)cc1. The zero-order chi connectivity index (χ0) is 24.4. The number of fused-ring (bicyclic) bond motifs is 1. The monoisotopic (exact) mass is 474 g/mol. The Hall–Kier alpha value is -3.72. The Morgan fingerprint density at radius 2 is 1.74 bits per heavy atom. The average molecular weight is 475 g/mol. The van der Waals surface area contributed by atoms with E-state index in [-0.39, 0.29) is 11.6 Å². The minimum atomic E-state index is -0.366. The van der Waals surface area contributed by atoms with Gasteiger partial charge in [0, 0.05) is 16.5 Å².